The molecule has 1 amide bonds. The number of amides is 1. The van der Waals surface area contributed by atoms with Crippen molar-refractivity contribution in [1.82, 2.24) is 4.90 Å². The fourth-order valence-corrected chi connectivity index (χ4v) is 3.32. The van der Waals surface area contributed by atoms with Crippen LogP contribution in [0.5, 0.6) is 0 Å². The van der Waals surface area contributed by atoms with Gasteiger partial charge in [0.2, 0.25) is 5.91 Å². The smallest absolute Gasteiger partial charge is 0.269 e. The first kappa shape index (κ1) is 20.0. The molecular formula is C21H25N3O4. The van der Waals surface area contributed by atoms with Crippen molar-refractivity contribution in [2.75, 3.05) is 25.0 Å². The molecule has 1 aliphatic heterocycles. The number of nitro benzene ring substituents is 1. The Labute approximate surface area is 164 Å². The normalized spacial score (nSPS) is 15.3. The van der Waals surface area contributed by atoms with E-state index in [0.717, 1.165) is 25.9 Å². The van der Waals surface area contributed by atoms with E-state index < -0.39 is 4.92 Å². The molecule has 0 aromatic heterocycles. The number of hydrogen-bond acceptors (Lipinski definition) is 5. The summed E-state index contributed by atoms with van der Waals surface area (Å²) in [7, 11) is 0. The molecule has 7 heteroatoms. The third-order valence-corrected chi connectivity index (χ3v) is 4.93. The minimum absolute atomic E-state index is 0.0214. The highest BCUT2D eigenvalue weighted by molar-refractivity contribution is 5.93. The van der Waals surface area contributed by atoms with E-state index in [9.17, 15) is 14.9 Å². The Balaban J connectivity index is 1.42. The van der Waals surface area contributed by atoms with Crippen molar-refractivity contribution in [3.8, 4) is 0 Å². The molecule has 7 nitrogen and oxygen atoms in total. The number of likely N-dealkylation sites (tertiary alicyclic amines) is 1. The van der Waals surface area contributed by atoms with E-state index in [-0.39, 0.29) is 17.7 Å². The van der Waals surface area contributed by atoms with Gasteiger partial charge in [0.15, 0.2) is 0 Å². The van der Waals surface area contributed by atoms with Crippen molar-refractivity contribution >= 4 is 17.3 Å². The molecule has 28 heavy (non-hydrogen) atoms. The van der Waals surface area contributed by atoms with Crippen molar-refractivity contribution in [3.63, 3.8) is 0 Å². The minimum atomic E-state index is -0.442. The number of ether oxygens (including phenoxy) is 1. The molecule has 0 radical (unpaired) electrons. The van der Waals surface area contributed by atoms with Gasteiger partial charge in [-0.3, -0.25) is 19.8 Å². The number of nitrogens with one attached hydrogen (secondary N) is 1. The van der Waals surface area contributed by atoms with Gasteiger partial charge in [0.05, 0.1) is 24.2 Å². The molecule has 1 N–H and O–H groups in total. The maximum absolute atomic E-state index is 12.3. The van der Waals surface area contributed by atoms with E-state index in [1.54, 1.807) is 13.0 Å². The van der Waals surface area contributed by atoms with E-state index in [1.807, 2.05) is 18.2 Å². The molecule has 1 saturated heterocycles. The molecule has 0 saturated carbocycles. The van der Waals surface area contributed by atoms with Gasteiger partial charge in [0.25, 0.3) is 5.69 Å². The van der Waals surface area contributed by atoms with Crippen LogP contribution in [-0.4, -0.2) is 41.5 Å². The van der Waals surface area contributed by atoms with Gasteiger partial charge in [-0.25, -0.2) is 0 Å². The summed E-state index contributed by atoms with van der Waals surface area (Å²) in [5.74, 6) is -0.111. The van der Waals surface area contributed by atoms with E-state index in [0.29, 0.717) is 24.4 Å². The monoisotopic (exact) mass is 383 g/mol. The number of nitro groups is 1. The molecule has 0 unspecified atom stereocenters. The Morgan fingerprint density at radius 2 is 1.93 bits per heavy atom. The summed E-state index contributed by atoms with van der Waals surface area (Å²) in [5, 5.41) is 13.7. The summed E-state index contributed by atoms with van der Waals surface area (Å²) in [6.45, 7) is 4.30. The van der Waals surface area contributed by atoms with Gasteiger partial charge in [-0.2, -0.15) is 0 Å². The van der Waals surface area contributed by atoms with E-state index in [2.05, 4.69) is 22.3 Å². The van der Waals surface area contributed by atoms with Gasteiger partial charge in [0.1, 0.15) is 0 Å². The number of benzene rings is 2. The molecule has 0 atom stereocenters. The SMILES string of the molecule is Cc1cc([N+](=O)[O-])ccc1NC(=O)CN1CCC(OCc2ccccc2)CC1. The first-order valence-corrected chi connectivity index (χ1v) is 9.44. The Morgan fingerprint density at radius 1 is 1.21 bits per heavy atom. The molecule has 2 aromatic rings. The summed E-state index contributed by atoms with van der Waals surface area (Å²) >= 11 is 0. The fraction of sp³-hybridized carbons (Fsp3) is 0.381. The van der Waals surface area contributed by atoms with Crippen LogP contribution in [0.2, 0.25) is 0 Å². The summed E-state index contributed by atoms with van der Waals surface area (Å²) in [5.41, 5.74) is 2.48. The molecule has 1 heterocycles. The average molecular weight is 383 g/mol. The van der Waals surface area contributed by atoms with Gasteiger partial charge in [-0.1, -0.05) is 30.3 Å². The first-order valence-electron chi connectivity index (χ1n) is 9.44. The molecule has 1 fully saturated rings. The third-order valence-electron chi connectivity index (χ3n) is 4.93. The van der Waals surface area contributed by atoms with Crippen LogP contribution in [0.3, 0.4) is 0 Å². The maximum atomic E-state index is 12.3. The Hall–Kier alpha value is -2.77. The number of hydrogen-bond donors (Lipinski definition) is 1. The van der Waals surface area contributed by atoms with Crippen molar-refractivity contribution in [3.05, 3.63) is 69.8 Å². The van der Waals surface area contributed by atoms with Crippen LogP contribution < -0.4 is 5.32 Å². The number of aryl methyl sites for hydroxylation is 1. The van der Waals surface area contributed by atoms with E-state index >= 15 is 0 Å². The van der Waals surface area contributed by atoms with Crippen molar-refractivity contribution < 1.29 is 14.5 Å². The van der Waals surface area contributed by atoms with Gasteiger partial charge in [-0.15, -0.1) is 0 Å². The lowest BCUT2D eigenvalue weighted by Gasteiger charge is -2.31. The number of nitrogens with zero attached hydrogens (tertiary/aromatic N) is 2. The quantitative estimate of drug-likeness (QED) is 0.584. The standard InChI is InChI=1S/C21H25N3O4/c1-16-13-18(24(26)27)7-8-20(16)22-21(25)14-23-11-9-19(10-12-23)28-15-17-5-3-2-4-6-17/h2-8,13,19H,9-12,14-15H2,1H3,(H,22,25). The predicted molar refractivity (Wildman–Crippen MR) is 107 cm³/mol. The molecule has 3 rings (SSSR count). The highest BCUT2D eigenvalue weighted by Gasteiger charge is 2.21. The van der Waals surface area contributed by atoms with Crippen LogP contribution in [0, 0.1) is 17.0 Å². The first-order chi connectivity index (χ1) is 13.5. The molecular weight excluding hydrogens is 358 g/mol. The number of carbonyl (C=O) groups excluding carboxylic acids is 1. The topological polar surface area (TPSA) is 84.7 Å². The van der Waals surface area contributed by atoms with E-state index in [4.69, 9.17) is 4.74 Å². The highest BCUT2D eigenvalue weighted by Crippen LogP contribution is 2.21. The van der Waals surface area contributed by atoms with Crippen LogP contribution in [0.15, 0.2) is 48.5 Å². The second-order valence-corrected chi connectivity index (χ2v) is 7.08. The summed E-state index contributed by atoms with van der Waals surface area (Å²) in [6.07, 6.45) is 2.02. The number of rotatable bonds is 7. The number of piperidine rings is 1. The van der Waals surface area contributed by atoms with Gasteiger partial charge >= 0.3 is 0 Å². The molecule has 2 aromatic carbocycles. The molecule has 0 spiro atoms. The Morgan fingerprint density at radius 3 is 2.57 bits per heavy atom. The molecule has 0 aliphatic carbocycles. The highest BCUT2D eigenvalue weighted by atomic mass is 16.6. The number of carbonyl (C=O) groups is 1. The van der Waals surface area contributed by atoms with Crippen LogP contribution in [0.1, 0.15) is 24.0 Å². The summed E-state index contributed by atoms with van der Waals surface area (Å²) in [6, 6.07) is 14.6. The lowest BCUT2D eigenvalue weighted by molar-refractivity contribution is -0.384. The Bertz CT molecular complexity index is 818. The molecule has 1 aliphatic rings. The van der Waals surface area contributed by atoms with Crippen LogP contribution >= 0.6 is 0 Å². The third kappa shape index (κ3) is 5.61. The van der Waals surface area contributed by atoms with Crippen molar-refractivity contribution in [2.45, 2.75) is 32.5 Å². The second-order valence-electron chi connectivity index (χ2n) is 7.08. The maximum Gasteiger partial charge on any atom is 0.269 e. The van der Waals surface area contributed by atoms with Crippen molar-refractivity contribution in [1.29, 1.82) is 0 Å². The zero-order chi connectivity index (χ0) is 19.9. The predicted octanol–water partition coefficient (Wildman–Crippen LogP) is 3.52. The number of anilines is 1. The van der Waals surface area contributed by atoms with Gasteiger partial charge in [0, 0.05) is 30.9 Å². The van der Waals surface area contributed by atoms with Gasteiger partial charge < -0.3 is 10.1 Å². The van der Waals surface area contributed by atoms with Crippen molar-refractivity contribution in [2.24, 2.45) is 0 Å². The lowest BCUT2D eigenvalue weighted by atomic mass is 10.1. The average Bonchev–Trinajstić information content (AvgIpc) is 2.69. The van der Waals surface area contributed by atoms with Gasteiger partial charge in [-0.05, 0) is 37.0 Å². The summed E-state index contributed by atoms with van der Waals surface area (Å²) < 4.78 is 5.98. The van der Waals surface area contributed by atoms with E-state index in [1.165, 1.54) is 17.7 Å². The van der Waals surface area contributed by atoms with Crippen LogP contribution in [-0.2, 0) is 16.1 Å². The Kier molecular flexibility index (Phi) is 6.73. The van der Waals surface area contributed by atoms with Crippen LogP contribution in [0.4, 0.5) is 11.4 Å². The zero-order valence-corrected chi connectivity index (χ0v) is 16.0. The summed E-state index contributed by atoms with van der Waals surface area (Å²) in [4.78, 5) is 24.8. The second kappa shape index (κ2) is 9.43. The largest absolute Gasteiger partial charge is 0.373 e. The number of non-ortho nitro benzene ring substituents is 1. The fourth-order valence-electron chi connectivity index (χ4n) is 3.32. The molecule has 0 bridgehead atoms. The minimum Gasteiger partial charge on any atom is -0.373 e. The zero-order valence-electron chi connectivity index (χ0n) is 16.0. The molecule has 148 valence electrons. The lowest BCUT2D eigenvalue weighted by Crippen LogP contribution is -2.41. The van der Waals surface area contributed by atoms with Crippen LogP contribution in [0.25, 0.3) is 0 Å².